The zero-order chi connectivity index (χ0) is 17.6. The van der Waals surface area contributed by atoms with Crippen LogP contribution in [0, 0.1) is 0 Å². The fourth-order valence-electron chi connectivity index (χ4n) is 1.92. The second kappa shape index (κ2) is 7.76. The lowest BCUT2D eigenvalue weighted by atomic mass is 10.2. The molecule has 2 aromatic rings. The summed E-state index contributed by atoms with van der Waals surface area (Å²) in [6, 6.07) is 8.40. The van der Waals surface area contributed by atoms with Crippen molar-refractivity contribution in [1.29, 1.82) is 0 Å². The molecule has 0 aliphatic carbocycles. The van der Waals surface area contributed by atoms with Crippen molar-refractivity contribution in [3.8, 4) is 17.4 Å². The highest BCUT2D eigenvalue weighted by Gasteiger charge is 2.28. The maximum Gasteiger partial charge on any atom is 0.422 e. The summed E-state index contributed by atoms with van der Waals surface area (Å²) in [5.74, 6) is 1.27. The van der Waals surface area contributed by atoms with Crippen LogP contribution in [0.25, 0.3) is 0 Å². The third-order valence-corrected chi connectivity index (χ3v) is 3.10. The van der Waals surface area contributed by atoms with Crippen molar-refractivity contribution in [2.24, 2.45) is 0 Å². The summed E-state index contributed by atoms with van der Waals surface area (Å²) in [4.78, 5) is 3.83. The number of alkyl halides is 3. The first-order valence-corrected chi connectivity index (χ1v) is 7.01. The van der Waals surface area contributed by atoms with Crippen LogP contribution in [0.4, 0.5) is 18.9 Å². The van der Waals surface area contributed by atoms with E-state index in [0.717, 1.165) is 5.56 Å². The van der Waals surface area contributed by atoms with E-state index in [4.69, 9.17) is 9.47 Å². The number of methoxy groups -OCH3 is 2. The van der Waals surface area contributed by atoms with Gasteiger partial charge in [-0.15, -0.1) is 0 Å². The lowest BCUT2D eigenvalue weighted by Crippen LogP contribution is -2.19. The molecular formula is C16H17F3N2O3. The Balaban J connectivity index is 1.95. The van der Waals surface area contributed by atoms with Gasteiger partial charge in [0.15, 0.2) is 6.61 Å². The molecule has 0 unspecified atom stereocenters. The zero-order valence-corrected chi connectivity index (χ0v) is 13.2. The number of halogens is 3. The lowest BCUT2D eigenvalue weighted by Gasteiger charge is -2.12. The van der Waals surface area contributed by atoms with Crippen LogP contribution in [0.15, 0.2) is 36.5 Å². The molecule has 0 fully saturated rings. The SMILES string of the molecule is COc1ccc(CNc2ccc(OCC(F)(F)F)nc2)c(OC)c1. The number of rotatable bonds is 7. The third kappa shape index (κ3) is 5.22. The summed E-state index contributed by atoms with van der Waals surface area (Å²) >= 11 is 0. The van der Waals surface area contributed by atoms with E-state index in [1.54, 1.807) is 26.4 Å². The monoisotopic (exact) mass is 342 g/mol. The van der Waals surface area contributed by atoms with Crippen LogP contribution in [0.5, 0.6) is 17.4 Å². The summed E-state index contributed by atoms with van der Waals surface area (Å²) < 4.78 is 51.2. The summed E-state index contributed by atoms with van der Waals surface area (Å²) in [7, 11) is 3.13. The quantitative estimate of drug-likeness (QED) is 0.832. The van der Waals surface area contributed by atoms with Gasteiger partial charge >= 0.3 is 6.18 Å². The van der Waals surface area contributed by atoms with E-state index in [2.05, 4.69) is 15.0 Å². The van der Waals surface area contributed by atoms with Gasteiger partial charge in [0.05, 0.1) is 26.1 Å². The Morgan fingerprint density at radius 3 is 2.46 bits per heavy atom. The van der Waals surface area contributed by atoms with Gasteiger partial charge in [-0.1, -0.05) is 0 Å². The molecule has 0 saturated carbocycles. The van der Waals surface area contributed by atoms with Crippen LogP contribution in [-0.2, 0) is 6.54 Å². The molecule has 0 aliphatic heterocycles. The van der Waals surface area contributed by atoms with Gasteiger partial charge in [0.1, 0.15) is 11.5 Å². The largest absolute Gasteiger partial charge is 0.497 e. The molecule has 1 aromatic heterocycles. The molecule has 0 saturated heterocycles. The van der Waals surface area contributed by atoms with Crippen molar-refractivity contribution in [3.05, 3.63) is 42.1 Å². The Morgan fingerprint density at radius 2 is 1.88 bits per heavy atom. The number of pyridine rings is 1. The van der Waals surface area contributed by atoms with E-state index in [1.807, 2.05) is 12.1 Å². The van der Waals surface area contributed by atoms with Gasteiger partial charge < -0.3 is 19.5 Å². The molecular weight excluding hydrogens is 325 g/mol. The Morgan fingerprint density at radius 1 is 1.08 bits per heavy atom. The van der Waals surface area contributed by atoms with Gasteiger partial charge in [-0.25, -0.2) is 4.98 Å². The Kier molecular flexibility index (Phi) is 5.73. The molecule has 130 valence electrons. The van der Waals surface area contributed by atoms with Crippen molar-refractivity contribution in [2.45, 2.75) is 12.7 Å². The maximum atomic E-state index is 12.1. The van der Waals surface area contributed by atoms with Crippen molar-refractivity contribution >= 4 is 5.69 Å². The van der Waals surface area contributed by atoms with Crippen LogP contribution in [0.1, 0.15) is 5.56 Å². The highest BCUT2D eigenvalue weighted by atomic mass is 19.4. The second-order valence-corrected chi connectivity index (χ2v) is 4.82. The fraction of sp³-hybridized carbons (Fsp3) is 0.312. The van der Waals surface area contributed by atoms with Crippen molar-refractivity contribution in [2.75, 3.05) is 26.1 Å². The van der Waals surface area contributed by atoms with Gasteiger partial charge in [-0.05, 0) is 18.2 Å². The molecule has 0 aliphatic rings. The minimum absolute atomic E-state index is 0.0834. The Labute approximate surface area is 137 Å². The first kappa shape index (κ1) is 17.7. The number of nitrogens with zero attached hydrogens (tertiary/aromatic N) is 1. The Bertz CT molecular complexity index is 661. The number of aromatic nitrogens is 1. The number of hydrogen-bond acceptors (Lipinski definition) is 5. The van der Waals surface area contributed by atoms with Crippen molar-refractivity contribution in [1.82, 2.24) is 4.98 Å². The zero-order valence-electron chi connectivity index (χ0n) is 13.2. The molecule has 5 nitrogen and oxygen atoms in total. The van der Waals surface area contributed by atoms with E-state index in [0.29, 0.717) is 23.7 Å². The molecule has 24 heavy (non-hydrogen) atoms. The lowest BCUT2D eigenvalue weighted by molar-refractivity contribution is -0.154. The van der Waals surface area contributed by atoms with Gasteiger partial charge in [0.2, 0.25) is 5.88 Å². The van der Waals surface area contributed by atoms with Crippen LogP contribution in [-0.4, -0.2) is 32.0 Å². The van der Waals surface area contributed by atoms with Crippen molar-refractivity contribution in [3.63, 3.8) is 0 Å². The first-order chi connectivity index (χ1) is 11.4. The van der Waals surface area contributed by atoms with Crippen LogP contribution >= 0.6 is 0 Å². The standard InChI is InChI=1S/C16H17F3N2O3/c1-22-13-5-3-11(14(7-13)23-2)8-20-12-4-6-15(21-9-12)24-10-16(17,18)19/h3-7,9,20H,8,10H2,1-2H3. The second-order valence-electron chi connectivity index (χ2n) is 4.82. The molecule has 1 heterocycles. The molecule has 0 amide bonds. The number of benzene rings is 1. The van der Waals surface area contributed by atoms with Crippen LogP contribution in [0.2, 0.25) is 0 Å². The topological polar surface area (TPSA) is 52.6 Å². The molecule has 1 aromatic carbocycles. The van der Waals surface area contributed by atoms with E-state index < -0.39 is 12.8 Å². The summed E-state index contributed by atoms with van der Waals surface area (Å²) in [5, 5.41) is 3.11. The number of ether oxygens (including phenoxy) is 3. The van der Waals surface area contributed by atoms with Crippen molar-refractivity contribution < 1.29 is 27.4 Å². The average molecular weight is 342 g/mol. The first-order valence-electron chi connectivity index (χ1n) is 7.01. The van der Waals surface area contributed by atoms with Crippen LogP contribution in [0.3, 0.4) is 0 Å². The molecule has 0 bridgehead atoms. The molecule has 8 heteroatoms. The summed E-state index contributed by atoms with van der Waals surface area (Å²) in [5.41, 5.74) is 1.54. The van der Waals surface area contributed by atoms with Gasteiger partial charge in [-0.2, -0.15) is 13.2 Å². The average Bonchev–Trinajstić information content (AvgIpc) is 2.58. The van der Waals surface area contributed by atoms with E-state index >= 15 is 0 Å². The summed E-state index contributed by atoms with van der Waals surface area (Å²) in [6.07, 6.45) is -2.98. The van der Waals surface area contributed by atoms with E-state index in [1.165, 1.54) is 12.3 Å². The van der Waals surface area contributed by atoms with Gasteiger partial charge in [0.25, 0.3) is 0 Å². The molecule has 1 N–H and O–H groups in total. The molecule has 0 atom stereocenters. The number of hydrogen-bond donors (Lipinski definition) is 1. The molecule has 0 spiro atoms. The van der Waals surface area contributed by atoms with Crippen LogP contribution < -0.4 is 19.5 Å². The molecule has 2 rings (SSSR count). The summed E-state index contributed by atoms with van der Waals surface area (Å²) in [6.45, 7) is -0.909. The van der Waals surface area contributed by atoms with Gasteiger partial charge in [-0.3, -0.25) is 0 Å². The Hall–Kier alpha value is -2.64. The maximum absolute atomic E-state index is 12.1. The number of anilines is 1. The fourth-order valence-corrected chi connectivity index (χ4v) is 1.92. The predicted molar refractivity (Wildman–Crippen MR) is 82.7 cm³/mol. The smallest absolute Gasteiger partial charge is 0.422 e. The highest BCUT2D eigenvalue weighted by molar-refractivity contribution is 5.46. The number of nitrogens with one attached hydrogen (secondary N) is 1. The highest BCUT2D eigenvalue weighted by Crippen LogP contribution is 2.25. The predicted octanol–water partition coefficient (Wildman–Crippen LogP) is 3.65. The van der Waals surface area contributed by atoms with E-state index in [-0.39, 0.29) is 5.88 Å². The minimum atomic E-state index is -4.39. The third-order valence-electron chi connectivity index (χ3n) is 3.10. The normalized spacial score (nSPS) is 11.0. The molecule has 0 radical (unpaired) electrons. The van der Waals surface area contributed by atoms with E-state index in [9.17, 15) is 13.2 Å². The van der Waals surface area contributed by atoms with Gasteiger partial charge in [0, 0.05) is 24.2 Å². The minimum Gasteiger partial charge on any atom is -0.497 e.